The molecular formula is C24H23N3O5. The zero-order valence-electron chi connectivity index (χ0n) is 17.5. The van der Waals surface area contributed by atoms with Crippen molar-refractivity contribution in [2.24, 2.45) is 0 Å². The summed E-state index contributed by atoms with van der Waals surface area (Å²) in [5.74, 6) is 0.648. The second-order valence-corrected chi connectivity index (χ2v) is 7.87. The summed E-state index contributed by atoms with van der Waals surface area (Å²) in [6, 6.07) is 17.2. The number of fused-ring (bicyclic) bond motifs is 2. The molecule has 2 aromatic carbocycles. The standard InChI is InChI=1S/C24H23N3O5/c1-15-12-16-6-2-3-7-18(16)27(15)13-21-17(10-11-30-21)23(28)25-26-24(29)22-14-31-19-8-4-5-9-20(19)32-22/h2-11,15,22H,12-14H2,1H3,(H,25,28)(H,26,29). The van der Waals surface area contributed by atoms with E-state index in [1.165, 1.54) is 11.8 Å². The van der Waals surface area contributed by atoms with Gasteiger partial charge in [0.15, 0.2) is 11.5 Å². The summed E-state index contributed by atoms with van der Waals surface area (Å²) in [6.45, 7) is 2.66. The minimum atomic E-state index is -0.865. The zero-order valence-corrected chi connectivity index (χ0v) is 17.5. The molecule has 0 saturated carbocycles. The van der Waals surface area contributed by atoms with Crippen LogP contribution in [0.15, 0.2) is 65.3 Å². The first kappa shape index (κ1) is 20.0. The van der Waals surface area contributed by atoms with Crippen LogP contribution in [0.25, 0.3) is 0 Å². The highest BCUT2D eigenvalue weighted by Crippen LogP contribution is 2.34. The van der Waals surface area contributed by atoms with Gasteiger partial charge in [-0.1, -0.05) is 30.3 Å². The third-order valence-corrected chi connectivity index (χ3v) is 5.75. The number of hydrazine groups is 1. The molecule has 0 aliphatic carbocycles. The van der Waals surface area contributed by atoms with Crippen molar-refractivity contribution in [2.45, 2.75) is 32.0 Å². The molecule has 164 valence electrons. The Hall–Kier alpha value is -3.94. The van der Waals surface area contributed by atoms with Crippen LogP contribution in [0.4, 0.5) is 5.69 Å². The zero-order chi connectivity index (χ0) is 22.1. The van der Waals surface area contributed by atoms with Gasteiger partial charge in [-0.25, -0.2) is 0 Å². The highest BCUT2D eigenvalue weighted by atomic mass is 16.6. The van der Waals surface area contributed by atoms with E-state index >= 15 is 0 Å². The van der Waals surface area contributed by atoms with E-state index in [0.29, 0.717) is 35.4 Å². The van der Waals surface area contributed by atoms with Gasteiger partial charge in [0.25, 0.3) is 11.8 Å². The van der Waals surface area contributed by atoms with Gasteiger partial charge < -0.3 is 18.8 Å². The Balaban J connectivity index is 1.21. The van der Waals surface area contributed by atoms with Gasteiger partial charge in [-0.2, -0.15) is 0 Å². The first-order valence-electron chi connectivity index (χ1n) is 10.5. The second-order valence-electron chi connectivity index (χ2n) is 7.87. The molecule has 2 N–H and O–H groups in total. The summed E-state index contributed by atoms with van der Waals surface area (Å²) in [4.78, 5) is 27.4. The van der Waals surface area contributed by atoms with Crippen LogP contribution in [-0.4, -0.2) is 30.6 Å². The maximum Gasteiger partial charge on any atom is 0.283 e. The van der Waals surface area contributed by atoms with Gasteiger partial charge in [-0.15, -0.1) is 0 Å². The Bertz CT molecular complexity index is 1160. The normalized spacial score (nSPS) is 18.7. The molecule has 0 saturated heterocycles. The van der Waals surface area contributed by atoms with Crippen molar-refractivity contribution in [1.82, 2.24) is 10.9 Å². The predicted octanol–water partition coefficient (Wildman–Crippen LogP) is 2.83. The summed E-state index contributed by atoms with van der Waals surface area (Å²) in [6.07, 6.45) is 1.56. The van der Waals surface area contributed by atoms with Crippen LogP contribution < -0.4 is 25.2 Å². The van der Waals surface area contributed by atoms with Crippen LogP contribution in [0, 0.1) is 0 Å². The third kappa shape index (κ3) is 3.75. The number of carbonyl (C=O) groups excluding carboxylic acids is 2. The van der Waals surface area contributed by atoms with Crippen molar-refractivity contribution in [3.8, 4) is 11.5 Å². The highest BCUT2D eigenvalue weighted by Gasteiger charge is 2.30. The number of nitrogens with zero attached hydrogens (tertiary/aromatic N) is 1. The van der Waals surface area contributed by atoms with Crippen LogP contribution in [0.3, 0.4) is 0 Å². The predicted molar refractivity (Wildman–Crippen MR) is 116 cm³/mol. The lowest BCUT2D eigenvalue weighted by atomic mass is 10.1. The summed E-state index contributed by atoms with van der Waals surface area (Å²) in [5.41, 5.74) is 7.66. The average Bonchev–Trinajstić information content (AvgIpc) is 3.41. The van der Waals surface area contributed by atoms with Crippen molar-refractivity contribution in [2.75, 3.05) is 11.5 Å². The minimum Gasteiger partial charge on any atom is -0.485 e. The molecule has 0 fully saturated rings. The number of benzene rings is 2. The molecule has 1 aromatic heterocycles. The quantitative estimate of drug-likeness (QED) is 0.615. The number of furan rings is 1. The Morgan fingerprint density at radius 1 is 1.03 bits per heavy atom. The summed E-state index contributed by atoms with van der Waals surface area (Å²) in [5, 5.41) is 0. The molecule has 0 radical (unpaired) electrons. The Morgan fingerprint density at radius 3 is 2.69 bits per heavy atom. The molecule has 0 spiro atoms. The number of rotatable bonds is 4. The fourth-order valence-corrected chi connectivity index (χ4v) is 4.11. The summed E-state index contributed by atoms with van der Waals surface area (Å²) < 4.78 is 16.8. The lowest BCUT2D eigenvalue weighted by Gasteiger charge is -2.25. The number of nitrogens with one attached hydrogen (secondary N) is 2. The molecule has 2 unspecified atom stereocenters. The van der Waals surface area contributed by atoms with Crippen molar-refractivity contribution < 1.29 is 23.5 Å². The number of ether oxygens (including phenoxy) is 2. The lowest BCUT2D eigenvalue weighted by molar-refractivity contribution is -0.131. The van der Waals surface area contributed by atoms with Crippen molar-refractivity contribution in [3.05, 3.63) is 77.7 Å². The molecule has 8 heteroatoms. The molecule has 32 heavy (non-hydrogen) atoms. The lowest BCUT2D eigenvalue weighted by Crippen LogP contribution is -2.51. The molecular weight excluding hydrogens is 410 g/mol. The first-order chi connectivity index (χ1) is 15.6. The number of carbonyl (C=O) groups is 2. The fraction of sp³-hybridized carbons (Fsp3) is 0.250. The maximum atomic E-state index is 12.7. The summed E-state index contributed by atoms with van der Waals surface area (Å²) >= 11 is 0. The van der Waals surface area contributed by atoms with E-state index in [1.54, 1.807) is 24.3 Å². The van der Waals surface area contributed by atoms with Crippen LogP contribution in [0.5, 0.6) is 11.5 Å². The molecule has 2 aliphatic rings. The number of amides is 2. The van der Waals surface area contributed by atoms with E-state index in [0.717, 1.165) is 12.1 Å². The molecule has 0 bridgehead atoms. The van der Waals surface area contributed by atoms with Crippen molar-refractivity contribution >= 4 is 17.5 Å². The first-order valence-corrected chi connectivity index (χ1v) is 10.5. The molecule has 5 rings (SSSR count). The topological polar surface area (TPSA) is 93.0 Å². The fourth-order valence-electron chi connectivity index (χ4n) is 4.11. The van der Waals surface area contributed by atoms with Gasteiger partial charge >= 0.3 is 0 Å². The van der Waals surface area contributed by atoms with Crippen molar-refractivity contribution in [3.63, 3.8) is 0 Å². The SMILES string of the molecule is CC1Cc2ccccc2N1Cc1occc1C(=O)NNC(=O)C1COc2ccccc2O1. The van der Waals surface area contributed by atoms with E-state index in [4.69, 9.17) is 13.9 Å². The molecule has 2 amide bonds. The Kier molecular flexibility index (Phi) is 5.18. The summed E-state index contributed by atoms with van der Waals surface area (Å²) in [7, 11) is 0. The van der Waals surface area contributed by atoms with Gasteiger partial charge in [-0.05, 0) is 43.2 Å². The van der Waals surface area contributed by atoms with Crippen molar-refractivity contribution in [1.29, 1.82) is 0 Å². The maximum absolute atomic E-state index is 12.7. The van der Waals surface area contributed by atoms with Crippen LogP contribution in [0.2, 0.25) is 0 Å². The molecule has 3 heterocycles. The van der Waals surface area contributed by atoms with Gasteiger partial charge in [0, 0.05) is 11.7 Å². The van der Waals surface area contributed by atoms with E-state index in [-0.39, 0.29) is 6.61 Å². The number of anilines is 1. The van der Waals surface area contributed by atoms with E-state index in [9.17, 15) is 9.59 Å². The number of para-hydroxylation sites is 3. The molecule has 2 aliphatic heterocycles. The van der Waals surface area contributed by atoms with Gasteiger partial charge in [0.05, 0.1) is 18.4 Å². The largest absolute Gasteiger partial charge is 0.485 e. The molecule has 2 atom stereocenters. The van der Waals surface area contributed by atoms with E-state index in [1.807, 2.05) is 18.2 Å². The smallest absolute Gasteiger partial charge is 0.283 e. The number of hydrogen-bond acceptors (Lipinski definition) is 6. The van der Waals surface area contributed by atoms with Crippen LogP contribution >= 0.6 is 0 Å². The average molecular weight is 433 g/mol. The third-order valence-electron chi connectivity index (χ3n) is 5.75. The highest BCUT2D eigenvalue weighted by molar-refractivity contribution is 5.96. The minimum absolute atomic E-state index is 0.0575. The number of hydrogen-bond donors (Lipinski definition) is 2. The van der Waals surface area contributed by atoms with Gasteiger partial charge in [0.2, 0.25) is 6.10 Å². The van der Waals surface area contributed by atoms with Crippen LogP contribution in [0.1, 0.15) is 28.6 Å². The van der Waals surface area contributed by atoms with E-state index in [2.05, 4.69) is 34.8 Å². The Labute approximate surface area is 185 Å². The monoisotopic (exact) mass is 433 g/mol. The van der Waals surface area contributed by atoms with Gasteiger partial charge in [-0.3, -0.25) is 20.4 Å². The molecule has 8 nitrogen and oxygen atoms in total. The Morgan fingerprint density at radius 2 is 1.81 bits per heavy atom. The van der Waals surface area contributed by atoms with Gasteiger partial charge in [0.1, 0.15) is 12.4 Å². The second kappa shape index (κ2) is 8.30. The molecule has 3 aromatic rings. The van der Waals surface area contributed by atoms with Crippen LogP contribution in [-0.2, 0) is 17.8 Å². The van der Waals surface area contributed by atoms with E-state index < -0.39 is 17.9 Å².